The molecule has 3 heteroatoms. The molecule has 0 amide bonds. The van der Waals surface area contributed by atoms with Gasteiger partial charge in [0, 0.05) is 18.7 Å². The van der Waals surface area contributed by atoms with Crippen LogP contribution in [0.2, 0.25) is 0 Å². The van der Waals surface area contributed by atoms with Crippen molar-refractivity contribution >= 4 is 12.0 Å². The number of carbonyl (C=O) groups excluding carboxylic acids is 1. The summed E-state index contributed by atoms with van der Waals surface area (Å²) in [5.74, 6) is -0.340. The van der Waals surface area contributed by atoms with Gasteiger partial charge >= 0.3 is 0 Å². The highest BCUT2D eigenvalue weighted by molar-refractivity contribution is 5.85. The normalized spacial score (nSPS) is 13.5. The molecule has 0 N–H and O–H groups in total. The summed E-state index contributed by atoms with van der Waals surface area (Å²) in [4.78, 5) is 12.9. The van der Waals surface area contributed by atoms with Gasteiger partial charge in [-0.25, -0.2) is 4.39 Å². The zero-order valence-electron chi connectivity index (χ0n) is 9.77. The first-order chi connectivity index (χ1) is 8.79. The van der Waals surface area contributed by atoms with E-state index in [9.17, 15) is 9.18 Å². The predicted molar refractivity (Wildman–Crippen MR) is 68.1 cm³/mol. The Balaban J connectivity index is 2.02. The number of benzene rings is 2. The molecular formula is C15H12FNO. The van der Waals surface area contributed by atoms with Crippen molar-refractivity contribution in [1.82, 2.24) is 0 Å². The molecule has 0 unspecified atom stereocenters. The molecule has 90 valence electrons. The van der Waals surface area contributed by atoms with E-state index in [1.807, 2.05) is 29.2 Å². The van der Waals surface area contributed by atoms with Gasteiger partial charge in [0.05, 0.1) is 5.69 Å². The van der Waals surface area contributed by atoms with Crippen molar-refractivity contribution in [2.24, 2.45) is 0 Å². The maximum Gasteiger partial charge on any atom is 0.152 e. The van der Waals surface area contributed by atoms with Gasteiger partial charge in [-0.3, -0.25) is 4.79 Å². The summed E-state index contributed by atoms with van der Waals surface area (Å²) >= 11 is 0. The molecule has 0 aliphatic carbocycles. The standard InChI is InChI=1S/C15H12FNO/c16-14-7-3-6-13(10-18)15(14)17-8-11-4-1-2-5-12(11)9-17/h1-7,10H,8-9H2. The average Bonchev–Trinajstić information content (AvgIpc) is 2.81. The monoisotopic (exact) mass is 241 g/mol. The molecule has 2 nitrogen and oxygen atoms in total. The smallest absolute Gasteiger partial charge is 0.152 e. The van der Waals surface area contributed by atoms with E-state index in [-0.39, 0.29) is 5.82 Å². The highest BCUT2D eigenvalue weighted by Crippen LogP contribution is 2.31. The molecule has 1 heterocycles. The Morgan fingerprint density at radius 2 is 1.67 bits per heavy atom. The lowest BCUT2D eigenvalue weighted by molar-refractivity contribution is 0.112. The first-order valence-electron chi connectivity index (χ1n) is 5.85. The summed E-state index contributed by atoms with van der Waals surface area (Å²) in [6.07, 6.45) is 0.710. The van der Waals surface area contributed by atoms with Crippen LogP contribution in [0.25, 0.3) is 0 Å². The van der Waals surface area contributed by atoms with Crippen LogP contribution in [0, 0.1) is 5.82 Å². The van der Waals surface area contributed by atoms with E-state index in [4.69, 9.17) is 0 Å². The van der Waals surface area contributed by atoms with E-state index in [0.717, 1.165) is 0 Å². The van der Waals surface area contributed by atoms with Crippen LogP contribution in [-0.2, 0) is 13.1 Å². The van der Waals surface area contributed by atoms with Crippen molar-refractivity contribution in [3.63, 3.8) is 0 Å². The molecule has 0 aromatic heterocycles. The summed E-state index contributed by atoms with van der Waals surface area (Å²) in [7, 11) is 0. The zero-order chi connectivity index (χ0) is 12.5. The van der Waals surface area contributed by atoms with Crippen molar-refractivity contribution in [2.45, 2.75) is 13.1 Å². The van der Waals surface area contributed by atoms with Crippen molar-refractivity contribution in [1.29, 1.82) is 0 Å². The molecule has 1 aliphatic rings. The minimum absolute atomic E-state index is 0.340. The van der Waals surface area contributed by atoms with E-state index in [1.165, 1.54) is 17.2 Å². The summed E-state index contributed by atoms with van der Waals surface area (Å²) < 4.78 is 13.9. The summed E-state index contributed by atoms with van der Waals surface area (Å²) in [5.41, 5.74) is 3.20. The SMILES string of the molecule is O=Cc1cccc(F)c1N1Cc2ccccc2C1. The molecule has 0 saturated heterocycles. The quantitative estimate of drug-likeness (QED) is 0.753. The fraction of sp³-hybridized carbons (Fsp3) is 0.133. The van der Waals surface area contributed by atoms with Crippen LogP contribution in [0.1, 0.15) is 21.5 Å². The first-order valence-corrected chi connectivity index (χ1v) is 5.85. The second-order valence-corrected chi connectivity index (χ2v) is 4.42. The number of carbonyl (C=O) groups is 1. The third kappa shape index (κ3) is 1.68. The third-order valence-electron chi connectivity index (χ3n) is 3.30. The number of fused-ring (bicyclic) bond motifs is 1. The largest absolute Gasteiger partial charge is 0.360 e. The van der Waals surface area contributed by atoms with Crippen molar-refractivity contribution in [3.05, 3.63) is 65.0 Å². The molecule has 1 aliphatic heterocycles. The maximum atomic E-state index is 13.9. The molecule has 3 rings (SSSR count). The Labute approximate surface area is 105 Å². The molecule has 0 spiro atoms. The maximum absolute atomic E-state index is 13.9. The van der Waals surface area contributed by atoms with Gasteiger partial charge in [0.2, 0.25) is 0 Å². The van der Waals surface area contributed by atoms with Crippen molar-refractivity contribution < 1.29 is 9.18 Å². The number of rotatable bonds is 2. The van der Waals surface area contributed by atoms with E-state index in [2.05, 4.69) is 0 Å². The van der Waals surface area contributed by atoms with Gasteiger partial charge < -0.3 is 4.90 Å². The third-order valence-corrected chi connectivity index (χ3v) is 3.30. The van der Waals surface area contributed by atoms with E-state index >= 15 is 0 Å². The average molecular weight is 241 g/mol. The molecule has 0 saturated carbocycles. The Bertz CT molecular complexity index is 584. The fourth-order valence-corrected chi connectivity index (χ4v) is 2.45. The summed E-state index contributed by atoms with van der Waals surface area (Å²) in [6.45, 7) is 1.30. The van der Waals surface area contributed by atoms with Gasteiger partial charge in [-0.05, 0) is 23.3 Å². The highest BCUT2D eigenvalue weighted by Gasteiger charge is 2.23. The van der Waals surface area contributed by atoms with Crippen LogP contribution in [0.3, 0.4) is 0 Å². The number of aldehydes is 1. The van der Waals surface area contributed by atoms with Gasteiger partial charge in [0.1, 0.15) is 5.82 Å². The Morgan fingerprint density at radius 1 is 1.00 bits per heavy atom. The molecular weight excluding hydrogens is 229 g/mol. The Kier molecular flexibility index (Phi) is 2.59. The number of hydrogen-bond donors (Lipinski definition) is 0. The van der Waals surface area contributed by atoms with Gasteiger partial charge in [0.15, 0.2) is 6.29 Å². The van der Waals surface area contributed by atoms with Gasteiger partial charge in [0.25, 0.3) is 0 Å². The molecule has 0 fully saturated rings. The van der Waals surface area contributed by atoms with Gasteiger partial charge in [-0.2, -0.15) is 0 Å². The lowest BCUT2D eigenvalue weighted by Crippen LogP contribution is -2.17. The van der Waals surface area contributed by atoms with Crippen LogP contribution in [0.4, 0.5) is 10.1 Å². The zero-order valence-corrected chi connectivity index (χ0v) is 9.77. The van der Waals surface area contributed by atoms with E-state index in [1.54, 1.807) is 12.1 Å². The van der Waals surface area contributed by atoms with Crippen LogP contribution in [-0.4, -0.2) is 6.29 Å². The second kappa shape index (κ2) is 4.26. The number of halogens is 1. The predicted octanol–water partition coefficient (Wildman–Crippen LogP) is 3.16. The molecule has 0 radical (unpaired) electrons. The fourth-order valence-electron chi connectivity index (χ4n) is 2.45. The molecule has 2 aromatic rings. The molecule has 2 aromatic carbocycles. The number of nitrogens with zero attached hydrogens (tertiary/aromatic N) is 1. The molecule has 0 bridgehead atoms. The van der Waals surface area contributed by atoms with Crippen LogP contribution < -0.4 is 4.90 Å². The van der Waals surface area contributed by atoms with Gasteiger partial charge in [-0.15, -0.1) is 0 Å². The summed E-state index contributed by atoms with van der Waals surface area (Å²) in [6, 6.07) is 12.6. The van der Waals surface area contributed by atoms with E-state index < -0.39 is 0 Å². The van der Waals surface area contributed by atoms with E-state index in [0.29, 0.717) is 30.6 Å². The van der Waals surface area contributed by atoms with Gasteiger partial charge in [-0.1, -0.05) is 30.3 Å². The minimum atomic E-state index is -0.340. The first kappa shape index (κ1) is 11.0. The Hall–Kier alpha value is -2.16. The summed E-state index contributed by atoms with van der Waals surface area (Å²) in [5, 5.41) is 0. The highest BCUT2D eigenvalue weighted by atomic mass is 19.1. The molecule has 18 heavy (non-hydrogen) atoms. The van der Waals surface area contributed by atoms with Crippen LogP contribution in [0.15, 0.2) is 42.5 Å². The minimum Gasteiger partial charge on any atom is -0.360 e. The number of hydrogen-bond acceptors (Lipinski definition) is 2. The lowest BCUT2D eigenvalue weighted by Gasteiger charge is -2.20. The van der Waals surface area contributed by atoms with Crippen LogP contribution in [0.5, 0.6) is 0 Å². The van der Waals surface area contributed by atoms with Crippen LogP contribution >= 0.6 is 0 Å². The molecule has 0 atom stereocenters. The Morgan fingerprint density at radius 3 is 2.28 bits per heavy atom. The number of anilines is 1. The lowest BCUT2D eigenvalue weighted by atomic mass is 10.1. The topological polar surface area (TPSA) is 20.3 Å². The van der Waals surface area contributed by atoms with Crippen molar-refractivity contribution in [3.8, 4) is 0 Å². The second-order valence-electron chi connectivity index (χ2n) is 4.42. The van der Waals surface area contributed by atoms with Crippen molar-refractivity contribution in [2.75, 3.05) is 4.90 Å². The number of para-hydroxylation sites is 1.